The van der Waals surface area contributed by atoms with Crippen LogP contribution in [0.15, 0.2) is 48.6 Å². The summed E-state index contributed by atoms with van der Waals surface area (Å²) in [6.45, 7) is 2.85. The van der Waals surface area contributed by atoms with Crippen molar-refractivity contribution in [3.8, 4) is 0 Å². The minimum absolute atomic E-state index is 0.233. The molecule has 12 atom stereocenters. The van der Waals surface area contributed by atoms with E-state index in [1.165, 1.54) is 308 Å². The van der Waals surface area contributed by atoms with Gasteiger partial charge in [-0.05, 0) is 57.8 Å². The lowest BCUT2D eigenvalue weighted by molar-refractivity contribution is -0.359. The maximum Gasteiger partial charge on any atom is 0.220 e. The highest BCUT2D eigenvalue weighted by Gasteiger charge is 2.51. The maximum absolute atomic E-state index is 13.4. The molecular formula is C84H157NO13. The quantitative estimate of drug-likeness (QED) is 0.0204. The van der Waals surface area contributed by atoms with Crippen LogP contribution in [0, 0.1) is 0 Å². The summed E-state index contributed by atoms with van der Waals surface area (Å²) in [7, 11) is 0. The number of carbonyl (C=O) groups excluding carboxylic acids is 1. The third-order valence-electron chi connectivity index (χ3n) is 20.5. The lowest BCUT2D eigenvalue weighted by Gasteiger charge is -2.46. The van der Waals surface area contributed by atoms with Gasteiger partial charge < -0.3 is 65.1 Å². The second kappa shape index (κ2) is 68.1. The molecule has 2 saturated heterocycles. The first kappa shape index (κ1) is 92.0. The Labute approximate surface area is 601 Å². The van der Waals surface area contributed by atoms with E-state index in [4.69, 9.17) is 18.9 Å². The van der Waals surface area contributed by atoms with Crippen molar-refractivity contribution in [2.24, 2.45) is 0 Å². The lowest BCUT2D eigenvalue weighted by atomic mass is 9.97. The van der Waals surface area contributed by atoms with Crippen molar-refractivity contribution >= 4 is 5.91 Å². The van der Waals surface area contributed by atoms with Crippen LogP contribution in [-0.4, -0.2) is 140 Å². The molecule has 2 rings (SSSR count). The molecule has 0 aliphatic carbocycles. The molecular weight excluding hydrogens is 1230 g/mol. The van der Waals surface area contributed by atoms with Crippen LogP contribution >= 0.6 is 0 Å². The molecule has 576 valence electrons. The number of aliphatic hydroxyl groups is 8. The van der Waals surface area contributed by atoms with E-state index in [-0.39, 0.29) is 18.9 Å². The number of hydrogen-bond acceptors (Lipinski definition) is 13. The fourth-order valence-electron chi connectivity index (χ4n) is 13.9. The molecule has 14 nitrogen and oxygen atoms in total. The van der Waals surface area contributed by atoms with Crippen LogP contribution in [0.2, 0.25) is 0 Å². The van der Waals surface area contributed by atoms with Crippen LogP contribution in [0.1, 0.15) is 386 Å². The number of ether oxygens (including phenoxy) is 4. The first-order chi connectivity index (χ1) is 48.1. The van der Waals surface area contributed by atoms with Gasteiger partial charge in [0.05, 0.1) is 32.0 Å². The van der Waals surface area contributed by atoms with E-state index in [0.717, 1.165) is 51.4 Å². The predicted molar refractivity (Wildman–Crippen MR) is 406 cm³/mol. The molecule has 9 N–H and O–H groups in total. The largest absolute Gasteiger partial charge is 0.394 e. The summed E-state index contributed by atoms with van der Waals surface area (Å²) < 4.78 is 22.9. The average Bonchev–Trinajstić information content (AvgIpc) is 0.793. The van der Waals surface area contributed by atoms with Gasteiger partial charge in [-0.2, -0.15) is 0 Å². The van der Waals surface area contributed by atoms with Crippen molar-refractivity contribution in [3.63, 3.8) is 0 Å². The van der Waals surface area contributed by atoms with Crippen molar-refractivity contribution in [1.82, 2.24) is 5.32 Å². The Bertz CT molecular complexity index is 1830. The van der Waals surface area contributed by atoms with Crippen LogP contribution in [0.25, 0.3) is 0 Å². The van der Waals surface area contributed by atoms with Gasteiger partial charge >= 0.3 is 0 Å². The smallest absolute Gasteiger partial charge is 0.220 e. The molecule has 0 aromatic rings. The fraction of sp³-hybridized carbons (Fsp3) is 0.893. The summed E-state index contributed by atoms with van der Waals surface area (Å²) in [6.07, 6.45) is 74.9. The van der Waals surface area contributed by atoms with Gasteiger partial charge in [0, 0.05) is 6.42 Å². The maximum atomic E-state index is 13.4. The first-order valence-corrected chi connectivity index (χ1v) is 41.9. The zero-order chi connectivity index (χ0) is 70.8. The van der Waals surface area contributed by atoms with Crippen LogP contribution < -0.4 is 5.32 Å². The number of unbranched alkanes of at least 4 members (excludes halogenated alkanes) is 52. The highest BCUT2D eigenvalue weighted by atomic mass is 16.7. The van der Waals surface area contributed by atoms with Gasteiger partial charge in [-0.25, -0.2) is 0 Å². The standard InChI is InChI=1S/C84H157NO13/c1-3-5-7-9-11-13-15-17-19-21-23-25-27-29-31-33-35-36-38-39-41-43-45-47-49-51-53-55-57-59-61-63-65-67-73(88)72(71-95-83-81(94)79(92)82(75(70-87)97-83)98-84-80(93)78(91)77(90)74(69-86)96-84)85-76(89)68-66-64-62-60-58-56-54-52-50-48-46-44-42-40-37-34-32-30-28-26-24-22-20-18-16-14-12-10-8-6-4-2/h16,18,22,24,28,30,65,67,72-75,77-84,86-88,90-94H,3-15,17,19-21,23,25-27,29,31-64,66,68-71H2,1-2H3,(H,85,89)/b18-16-,24-22-,30-28-,67-65+. The highest BCUT2D eigenvalue weighted by molar-refractivity contribution is 5.76. The minimum Gasteiger partial charge on any atom is -0.394 e. The Kier molecular flexibility index (Phi) is 63.9. The Morgan fingerprint density at radius 3 is 1.03 bits per heavy atom. The molecule has 0 radical (unpaired) electrons. The Hall–Kier alpha value is -2.05. The third kappa shape index (κ3) is 50.4. The fourth-order valence-corrected chi connectivity index (χ4v) is 13.9. The zero-order valence-corrected chi connectivity index (χ0v) is 63.3. The summed E-state index contributed by atoms with van der Waals surface area (Å²) in [6, 6.07) is -0.918. The molecule has 2 fully saturated rings. The number of hydrogen-bond donors (Lipinski definition) is 9. The molecule has 2 heterocycles. The summed E-state index contributed by atoms with van der Waals surface area (Å²) in [5, 5.41) is 87.8. The van der Waals surface area contributed by atoms with Crippen LogP contribution in [-0.2, 0) is 23.7 Å². The first-order valence-electron chi connectivity index (χ1n) is 41.9. The van der Waals surface area contributed by atoms with Crippen molar-refractivity contribution in [3.05, 3.63) is 48.6 Å². The van der Waals surface area contributed by atoms with E-state index in [9.17, 15) is 45.6 Å². The summed E-state index contributed by atoms with van der Waals surface area (Å²) in [4.78, 5) is 13.4. The molecule has 14 heteroatoms. The van der Waals surface area contributed by atoms with Gasteiger partial charge in [0.1, 0.15) is 48.8 Å². The summed E-state index contributed by atoms with van der Waals surface area (Å²) in [5.74, 6) is -0.233. The van der Waals surface area contributed by atoms with Crippen molar-refractivity contribution in [1.29, 1.82) is 0 Å². The van der Waals surface area contributed by atoms with Crippen LogP contribution in [0.5, 0.6) is 0 Å². The van der Waals surface area contributed by atoms with E-state index < -0.39 is 86.8 Å². The molecule has 0 saturated carbocycles. The monoisotopic (exact) mass is 1390 g/mol. The van der Waals surface area contributed by atoms with E-state index in [1.54, 1.807) is 6.08 Å². The topological polar surface area (TPSA) is 228 Å². The Morgan fingerprint density at radius 1 is 0.367 bits per heavy atom. The molecule has 0 aromatic carbocycles. The summed E-state index contributed by atoms with van der Waals surface area (Å²) >= 11 is 0. The van der Waals surface area contributed by atoms with Crippen molar-refractivity contribution < 1.29 is 64.6 Å². The lowest BCUT2D eigenvalue weighted by Crippen LogP contribution is -2.65. The van der Waals surface area contributed by atoms with E-state index in [0.29, 0.717) is 6.42 Å². The number of carbonyl (C=O) groups is 1. The van der Waals surface area contributed by atoms with E-state index >= 15 is 0 Å². The van der Waals surface area contributed by atoms with E-state index in [1.807, 2.05) is 6.08 Å². The third-order valence-corrected chi connectivity index (χ3v) is 20.5. The van der Waals surface area contributed by atoms with Crippen LogP contribution in [0.4, 0.5) is 0 Å². The average molecular weight is 1390 g/mol. The normalized spacial score (nSPS) is 22.2. The van der Waals surface area contributed by atoms with Gasteiger partial charge in [-0.1, -0.05) is 371 Å². The molecule has 0 bridgehead atoms. The van der Waals surface area contributed by atoms with Crippen molar-refractivity contribution in [2.45, 2.75) is 460 Å². The van der Waals surface area contributed by atoms with Gasteiger partial charge in [-0.3, -0.25) is 4.79 Å². The molecule has 1 amide bonds. The SMILES string of the molecule is CCCCCCC/C=C\C/C=C\C/C=C\CCCCCCCCCCCCCCCCCCC(=O)NC(COC1OC(CO)C(OC2OC(CO)C(O)C(O)C2O)C(O)C1O)C(O)/C=C/CCCCCCCCCCCCCCCCCCCCCCCCCCCCCCCCC. The molecule has 98 heavy (non-hydrogen) atoms. The Balaban J connectivity index is 1.60. The van der Waals surface area contributed by atoms with Gasteiger partial charge in [0.15, 0.2) is 12.6 Å². The summed E-state index contributed by atoms with van der Waals surface area (Å²) in [5.41, 5.74) is 0. The van der Waals surface area contributed by atoms with Gasteiger partial charge in [-0.15, -0.1) is 0 Å². The van der Waals surface area contributed by atoms with E-state index in [2.05, 4.69) is 55.6 Å². The number of nitrogens with one attached hydrogen (secondary N) is 1. The molecule has 0 spiro atoms. The van der Waals surface area contributed by atoms with Gasteiger partial charge in [0.2, 0.25) is 5.91 Å². The second-order valence-corrected chi connectivity index (χ2v) is 29.6. The number of allylic oxidation sites excluding steroid dienone is 7. The molecule has 2 aliphatic heterocycles. The number of rotatable bonds is 71. The molecule has 2 aliphatic rings. The van der Waals surface area contributed by atoms with Crippen molar-refractivity contribution in [2.75, 3.05) is 19.8 Å². The molecule has 0 aromatic heterocycles. The molecule has 12 unspecified atom stereocenters. The minimum atomic E-state index is -1.79. The highest BCUT2D eigenvalue weighted by Crippen LogP contribution is 2.30. The van der Waals surface area contributed by atoms with Gasteiger partial charge in [0.25, 0.3) is 0 Å². The zero-order valence-electron chi connectivity index (χ0n) is 63.3. The van der Waals surface area contributed by atoms with Crippen LogP contribution in [0.3, 0.4) is 0 Å². The number of amides is 1. The predicted octanol–water partition coefficient (Wildman–Crippen LogP) is 19.4. The second-order valence-electron chi connectivity index (χ2n) is 29.6. The number of aliphatic hydroxyl groups excluding tert-OH is 8. The Morgan fingerprint density at radius 2 is 0.673 bits per heavy atom.